The molecule has 0 saturated carbocycles. The molecule has 1 N–H and O–H groups in total. The number of fused-ring (bicyclic) bond motifs is 1. The lowest BCUT2D eigenvalue weighted by Crippen LogP contribution is -2.28. The molecule has 0 bridgehead atoms. The normalized spacial score (nSPS) is 16.3. The second kappa shape index (κ2) is 7.94. The molecule has 9 heteroatoms. The van der Waals surface area contributed by atoms with Crippen LogP contribution in [0.15, 0.2) is 36.7 Å². The summed E-state index contributed by atoms with van der Waals surface area (Å²) in [5, 5.41) is 7.44. The van der Waals surface area contributed by atoms with Crippen LogP contribution < -0.4 is 5.32 Å². The van der Waals surface area contributed by atoms with E-state index in [1.807, 2.05) is 0 Å². The standard InChI is InChI=1S/C20H21FN6O2/c1-13(28)22-8-10-27-19-18(23-6-7-24-19)17(25-27)15-5-9-26(12-15)20(29)14-3-2-4-16(21)11-14/h2-4,6-7,11,15H,5,8-10,12H2,1H3,(H,22,28)/t15-/m1/s1. The Morgan fingerprint density at radius 2 is 2.10 bits per heavy atom. The fourth-order valence-corrected chi connectivity index (χ4v) is 3.67. The van der Waals surface area contributed by atoms with E-state index in [0.717, 1.165) is 12.1 Å². The number of likely N-dealkylation sites (tertiary alicyclic amines) is 1. The molecule has 3 aromatic rings. The summed E-state index contributed by atoms with van der Waals surface area (Å²) in [6, 6.07) is 5.74. The van der Waals surface area contributed by atoms with Crippen LogP contribution in [0, 0.1) is 5.82 Å². The number of nitrogens with zero attached hydrogens (tertiary/aromatic N) is 5. The molecule has 0 radical (unpaired) electrons. The second-order valence-corrected chi connectivity index (χ2v) is 7.07. The molecule has 29 heavy (non-hydrogen) atoms. The topological polar surface area (TPSA) is 93.0 Å². The van der Waals surface area contributed by atoms with E-state index in [-0.39, 0.29) is 17.7 Å². The maximum Gasteiger partial charge on any atom is 0.253 e. The second-order valence-electron chi connectivity index (χ2n) is 7.07. The van der Waals surface area contributed by atoms with Gasteiger partial charge in [0.1, 0.15) is 11.3 Å². The van der Waals surface area contributed by atoms with Gasteiger partial charge in [-0.15, -0.1) is 0 Å². The number of rotatable bonds is 5. The molecule has 3 heterocycles. The van der Waals surface area contributed by atoms with E-state index in [1.54, 1.807) is 28.0 Å². The number of benzene rings is 1. The van der Waals surface area contributed by atoms with Crippen LogP contribution in [0.4, 0.5) is 4.39 Å². The monoisotopic (exact) mass is 396 g/mol. The molecule has 1 aliphatic rings. The van der Waals surface area contributed by atoms with Crippen molar-refractivity contribution in [1.82, 2.24) is 30.0 Å². The van der Waals surface area contributed by atoms with Gasteiger partial charge in [-0.05, 0) is 24.6 Å². The fourth-order valence-electron chi connectivity index (χ4n) is 3.67. The number of carbonyl (C=O) groups excluding carboxylic acids is 2. The molecule has 1 aliphatic heterocycles. The first kappa shape index (κ1) is 19.0. The first-order valence-corrected chi connectivity index (χ1v) is 9.49. The Hall–Kier alpha value is -3.36. The van der Waals surface area contributed by atoms with E-state index in [9.17, 15) is 14.0 Å². The average Bonchev–Trinajstić information content (AvgIpc) is 3.32. The van der Waals surface area contributed by atoms with Gasteiger partial charge in [0, 0.05) is 50.4 Å². The van der Waals surface area contributed by atoms with E-state index in [0.29, 0.717) is 42.9 Å². The smallest absolute Gasteiger partial charge is 0.253 e. The molecule has 0 aliphatic carbocycles. The van der Waals surface area contributed by atoms with Gasteiger partial charge in [-0.2, -0.15) is 5.10 Å². The molecule has 0 spiro atoms. The minimum Gasteiger partial charge on any atom is -0.354 e. The van der Waals surface area contributed by atoms with E-state index >= 15 is 0 Å². The number of hydrogen-bond acceptors (Lipinski definition) is 5. The summed E-state index contributed by atoms with van der Waals surface area (Å²) in [6.07, 6.45) is 3.98. The molecule has 1 fully saturated rings. The zero-order valence-electron chi connectivity index (χ0n) is 16.0. The Morgan fingerprint density at radius 1 is 1.28 bits per heavy atom. The van der Waals surface area contributed by atoms with Crippen LogP contribution in [0.25, 0.3) is 11.2 Å². The number of hydrogen-bond donors (Lipinski definition) is 1. The Morgan fingerprint density at radius 3 is 2.90 bits per heavy atom. The average molecular weight is 396 g/mol. The fraction of sp³-hybridized carbons (Fsp3) is 0.350. The summed E-state index contributed by atoms with van der Waals surface area (Å²) < 4.78 is 15.2. The van der Waals surface area contributed by atoms with Crippen LogP contribution in [0.3, 0.4) is 0 Å². The highest BCUT2D eigenvalue weighted by molar-refractivity contribution is 5.94. The first-order valence-electron chi connectivity index (χ1n) is 9.49. The van der Waals surface area contributed by atoms with Gasteiger partial charge < -0.3 is 10.2 Å². The number of halogens is 1. The lowest BCUT2D eigenvalue weighted by atomic mass is 10.0. The molecular formula is C20H21FN6O2. The van der Waals surface area contributed by atoms with E-state index in [4.69, 9.17) is 5.10 Å². The molecule has 0 unspecified atom stereocenters. The molecule has 1 atom stereocenters. The number of aromatic nitrogens is 4. The Kier molecular flexibility index (Phi) is 5.20. The van der Waals surface area contributed by atoms with Crippen LogP contribution in [-0.2, 0) is 11.3 Å². The maximum absolute atomic E-state index is 13.5. The molecule has 2 aromatic heterocycles. The van der Waals surface area contributed by atoms with Crippen molar-refractivity contribution in [2.24, 2.45) is 0 Å². The molecule has 2 amide bonds. The van der Waals surface area contributed by atoms with Crippen molar-refractivity contribution in [1.29, 1.82) is 0 Å². The largest absolute Gasteiger partial charge is 0.354 e. The van der Waals surface area contributed by atoms with Crippen molar-refractivity contribution < 1.29 is 14.0 Å². The summed E-state index contributed by atoms with van der Waals surface area (Å²) in [4.78, 5) is 34.4. The van der Waals surface area contributed by atoms with Gasteiger partial charge in [-0.1, -0.05) is 6.07 Å². The Labute approximate surface area is 166 Å². The maximum atomic E-state index is 13.5. The zero-order valence-corrected chi connectivity index (χ0v) is 16.0. The van der Waals surface area contributed by atoms with Crippen LogP contribution in [-0.4, -0.2) is 56.1 Å². The van der Waals surface area contributed by atoms with Crippen LogP contribution in [0.2, 0.25) is 0 Å². The van der Waals surface area contributed by atoms with Gasteiger partial charge in [0.25, 0.3) is 5.91 Å². The van der Waals surface area contributed by atoms with Crippen LogP contribution >= 0.6 is 0 Å². The number of amides is 2. The van der Waals surface area contributed by atoms with Gasteiger partial charge in [0.05, 0.1) is 12.2 Å². The third-order valence-electron chi connectivity index (χ3n) is 5.03. The van der Waals surface area contributed by atoms with Crippen molar-refractivity contribution in [3.05, 3.63) is 53.7 Å². The molecule has 150 valence electrons. The van der Waals surface area contributed by atoms with Crippen LogP contribution in [0.1, 0.15) is 35.3 Å². The highest BCUT2D eigenvalue weighted by Gasteiger charge is 2.32. The molecule has 1 aromatic carbocycles. The third kappa shape index (κ3) is 3.94. The van der Waals surface area contributed by atoms with Crippen molar-refractivity contribution >= 4 is 23.0 Å². The van der Waals surface area contributed by atoms with Crippen molar-refractivity contribution in [2.45, 2.75) is 25.8 Å². The van der Waals surface area contributed by atoms with Gasteiger partial charge in [-0.25, -0.2) is 19.0 Å². The summed E-state index contributed by atoms with van der Waals surface area (Å²) in [5.41, 5.74) is 2.50. The van der Waals surface area contributed by atoms with Gasteiger partial charge in [-0.3, -0.25) is 9.59 Å². The lowest BCUT2D eigenvalue weighted by molar-refractivity contribution is -0.118. The first-order chi connectivity index (χ1) is 14.0. The summed E-state index contributed by atoms with van der Waals surface area (Å²) in [7, 11) is 0. The Bertz CT molecular complexity index is 1070. The molecular weight excluding hydrogens is 375 g/mol. The predicted molar refractivity (Wildman–Crippen MR) is 104 cm³/mol. The zero-order chi connectivity index (χ0) is 20.4. The Balaban J connectivity index is 1.54. The minimum atomic E-state index is -0.425. The molecule has 1 saturated heterocycles. The SMILES string of the molecule is CC(=O)NCCn1nc([C@@H]2CCN(C(=O)c3cccc(F)c3)C2)c2nccnc21. The predicted octanol–water partition coefficient (Wildman–Crippen LogP) is 1.73. The highest BCUT2D eigenvalue weighted by Crippen LogP contribution is 2.31. The van der Waals surface area contributed by atoms with Crippen molar-refractivity contribution in [3.63, 3.8) is 0 Å². The highest BCUT2D eigenvalue weighted by atomic mass is 19.1. The summed E-state index contributed by atoms with van der Waals surface area (Å²) >= 11 is 0. The van der Waals surface area contributed by atoms with Crippen LogP contribution in [0.5, 0.6) is 0 Å². The van der Waals surface area contributed by atoms with Gasteiger partial charge in [0.15, 0.2) is 5.65 Å². The summed E-state index contributed by atoms with van der Waals surface area (Å²) in [5.74, 6) is -0.693. The van der Waals surface area contributed by atoms with E-state index < -0.39 is 5.82 Å². The van der Waals surface area contributed by atoms with Gasteiger partial charge >= 0.3 is 0 Å². The minimum absolute atomic E-state index is 0.0220. The van der Waals surface area contributed by atoms with E-state index in [2.05, 4.69) is 15.3 Å². The summed E-state index contributed by atoms with van der Waals surface area (Å²) in [6.45, 7) is 3.45. The van der Waals surface area contributed by atoms with Crippen molar-refractivity contribution in [3.8, 4) is 0 Å². The molecule has 4 rings (SSSR count). The quantitative estimate of drug-likeness (QED) is 0.709. The van der Waals surface area contributed by atoms with Gasteiger partial charge in [0.2, 0.25) is 5.91 Å². The van der Waals surface area contributed by atoms with Crippen molar-refractivity contribution in [2.75, 3.05) is 19.6 Å². The number of nitrogens with one attached hydrogen (secondary N) is 1. The number of carbonyl (C=O) groups is 2. The molecule has 8 nitrogen and oxygen atoms in total. The van der Waals surface area contributed by atoms with E-state index in [1.165, 1.54) is 25.1 Å². The lowest BCUT2D eigenvalue weighted by Gasteiger charge is -2.16. The third-order valence-corrected chi connectivity index (χ3v) is 5.03.